The first-order valence-corrected chi connectivity index (χ1v) is 11.2. The third-order valence-corrected chi connectivity index (χ3v) is 6.85. The smallest absolute Gasteiger partial charge is 0.231 e. The molecule has 0 atom stereocenters. The maximum Gasteiger partial charge on any atom is 0.231 e. The molecule has 0 saturated carbocycles. The van der Waals surface area contributed by atoms with E-state index in [9.17, 15) is 0 Å². The first-order chi connectivity index (χ1) is 15.1. The van der Waals surface area contributed by atoms with Crippen LogP contribution in [0.2, 0.25) is 0 Å². The number of benzene rings is 2. The minimum Gasteiger partial charge on any atom is -0.497 e. The monoisotopic (exact) mass is 435 g/mol. The third kappa shape index (κ3) is 4.08. The van der Waals surface area contributed by atoms with E-state index in [1.54, 1.807) is 18.4 Å². The Balaban J connectivity index is 1.53. The van der Waals surface area contributed by atoms with E-state index in [4.69, 9.17) is 24.2 Å². The van der Waals surface area contributed by atoms with Crippen LogP contribution >= 0.6 is 11.3 Å². The average molecular weight is 436 g/mol. The SMILES string of the molecule is COc1ccc2ccc(Oc3nc(CN4CCOCC4)nc4sc(C)c(C)c34)cc2c1. The van der Waals surface area contributed by atoms with Gasteiger partial charge < -0.3 is 14.2 Å². The highest BCUT2D eigenvalue weighted by Crippen LogP contribution is 2.37. The zero-order chi connectivity index (χ0) is 21.4. The van der Waals surface area contributed by atoms with Gasteiger partial charge in [-0.05, 0) is 54.4 Å². The lowest BCUT2D eigenvalue weighted by molar-refractivity contribution is 0.0330. The lowest BCUT2D eigenvalue weighted by atomic mass is 10.1. The largest absolute Gasteiger partial charge is 0.497 e. The fourth-order valence-corrected chi connectivity index (χ4v) is 4.90. The molecular weight excluding hydrogens is 410 g/mol. The van der Waals surface area contributed by atoms with E-state index in [2.05, 4.69) is 24.8 Å². The molecule has 1 fully saturated rings. The summed E-state index contributed by atoms with van der Waals surface area (Å²) >= 11 is 1.70. The molecule has 0 bridgehead atoms. The Bertz CT molecular complexity index is 1250. The van der Waals surface area contributed by atoms with Crippen LogP contribution in [0.25, 0.3) is 21.0 Å². The molecule has 0 unspecified atom stereocenters. The van der Waals surface area contributed by atoms with Gasteiger partial charge in [-0.3, -0.25) is 4.90 Å². The first kappa shape index (κ1) is 20.2. The quantitative estimate of drug-likeness (QED) is 0.435. The predicted molar refractivity (Wildman–Crippen MR) is 124 cm³/mol. The van der Waals surface area contributed by atoms with Crippen LogP contribution < -0.4 is 9.47 Å². The second-order valence-electron chi connectivity index (χ2n) is 7.77. The van der Waals surface area contributed by atoms with Crippen molar-refractivity contribution in [2.45, 2.75) is 20.4 Å². The van der Waals surface area contributed by atoms with Gasteiger partial charge in [-0.15, -0.1) is 11.3 Å². The van der Waals surface area contributed by atoms with Crippen molar-refractivity contribution in [3.05, 3.63) is 52.7 Å². The highest BCUT2D eigenvalue weighted by atomic mass is 32.1. The standard InChI is InChI=1S/C24H25N3O3S/c1-15-16(2)31-24-22(15)23(25-21(26-24)14-27-8-10-29-11-9-27)30-20-7-5-17-4-6-19(28-3)12-18(17)13-20/h4-7,12-13H,8-11,14H2,1-3H3. The number of aromatic nitrogens is 2. The van der Waals surface area contributed by atoms with Crippen molar-refractivity contribution in [1.82, 2.24) is 14.9 Å². The lowest BCUT2D eigenvalue weighted by Crippen LogP contribution is -2.36. The van der Waals surface area contributed by atoms with Crippen molar-refractivity contribution in [2.24, 2.45) is 0 Å². The number of fused-ring (bicyclic) bond motifs is 2. The Morgan fingerprint density at radius 1 is 1.00 bits per heavy atom. The fourth-order valence-electron chi connectivity index (χ4n) is 3.86. The Kier molecular flexibility index (Phi) is 5.48. The Labute approximate surface area is 185 Å². The molecule has 0 amide bonds. The highest BCUT2D eigenvalue weighted by Gasteiger charge is 2.19. The summed E-state index contributed by atoms with van der Waals surface area (Å²) in [7, 11) is 1.68. The number of aryl methyl sites for hydroxylation is 2. The summed E-state index contributed by atoms with van der Waals surface area (Å²) in [5.74, 6) is 2.98. The molecule has 3 heterocycles. The molecule has 1 aliphatic rings. The van der Waals surface area contributed by atoms with Crippen LogP contribution in [0.1, 0.15) is 16.3 Å². The van der Waals surface area contributed by atoms with Gasteiger partial charge in [0.25, 0.3) is 0 Å². The van der Waals surface area contributed by atoms with Crippen molar-refractivity contribution >= 4 is 32.3 Å². The van der Waals surface area contributed by atoms with Crippen LogP contribution in [0.3, 0.4) is 0 Å². The average Bonchev–Trinajstić information content (AvgIpc) is 3.07. The van der Waals surface area contributed by atoms with Crippen LogP contribution in [0.5, 0.6) is 17.4 Å². The molecule has 7 heteroatoms. The minimum atomic E-state index is 0.623. The molecule has 31 heavy (non-hydrogen) atoms. The van der Waals surface area contributed by atoms with E-state index >= 15 is 0 Å². The Morgan fingerprint density at radius 3 is 2.52 bits per heavy atom. The summed E-state index contributed by atoms with van der Waals surface area (Å²) in [6.45, 7) is 8.22. The predicted octanol–water partition coefficient (Wildman–Crippen LogP) is 5.09. The Hall–Kier alpha value is -2.74. The van der Waals surface area contributed by atoms with Gasteiger partial charge in [-0.25, -0.2) is 4.98 Å². The van der Waals surface area contributed by atoms with Crippen LogP contribution in [0.4, 0.5) is 0 Å². The van der Waals surface area contributed by atoms with E-state index in [1.807, 2.05) is 30.3 Å². The first-order valence-electron chi connectivity index (χ1n) is 10.4. The molecule has 1 aliphatic heterocycles. The molecule has 0 radical (unpaired) electrons. The van der Waals surface area contributed by atoms with Gasteiger partial charge in [0.05, 0.1) is 32.3 Å². The number of ether oxygens (including phenoxy) is 3. The minimum absolute atomic E-state index is 0.623. The van der Waals surface area contributed by atoms with Crippen molar-refractivity contribution in [3.8, 4) is 17.4 Å². The second kappa shape index (κ2) is 8.42. The molecule has 2 aromatic heterocycles. The normalized spacial score (nSPS) is 14.9. The molecular formula is C24H25N3O3S. The number of rotatable bonds is 5. The summed E-state index contributed by atoms with van der Waals surface area (Å²) in [5.41, 5.74) is 1.18. The summed E-state index contributed by atoms with van der Waals surface area (Å²) < 4.78 is 17.2. The zero-order valence-electron chi connectivity index (χ0n) is 18.0. The number of hydrogen-bond donors (Lipinski definition) is 0. The van der Waals surface area contributed by atoms with Crippen molar-refractivity contribution in [3.63, 3.8) is 0 Å². The topological polar surface area (TPSA) is 56.7 Å². The van der Waals surface area contributed by atoms with Gasteiger partial charge in [0.15, 0.2) is 0 Å². The second-order valence-corrected chi connectivity index (χ2v) is 8.98. The van der Waals surface area contributed by atoms with Crippen LogP contribution in [0.15, 0.2) is 36.4 Å². The summed E-state index contributed by atoms with van der Waals surface area (Å²) in [4.78, 5) is 14.2. The lowest BCUT2D eigenvalue weighted by Gasteiger charge is -2.25. The molecule has 160 valence electrons. The molecule has 4 aromatic rings. The number of morpholine rings is 1. The van der Waals surface area contributed by atoms with Gasteiger partial charge in [-0.1, -0.05) is 12.1 Å². The molecule has 1 saturated heterocycles. The fraction of sp³-hybridized carbons (Fsp3) is 0.333. The van der Waals surface area contributed by atoms with E-state index in [-0.39, 0.29) is 0 Å². The number of hydrogen-bond acceptors (Lipinski definition) is 7. The van der Waals surface area contributed by atoms with E-state index < -0.39 is 0 Å². The molecule has 2 aromatic carbocycles. The van der Waals surface area contributed by atoms with Gasteiger partial charge in [0.2, 0.25) is 5.88 Å². The molecule has 6 nitrogen and oxygen atoms in total. The third-order valence-electron chi connectivity index (χ3n) is 5.74. The highest BCUT2D eigenvalue weighted by molar-refractivity contribution is 7.18. The molecule has 5 rings (SSSR count). The molecule has 0 aliphatic carbocycles. The number of methoxy groups -OCH3 is 1. The molecule has 0 spiro atoms. The number of thiophene rings is 1. The van der Waals surface area contributed by atoms with Crippen molar-refractivity contribution < 1.29 is 14.2 Å². The van der Waals surface area contributed by atoms with Gasteiger partial charge in [0, 0.05) is 18.0 Å². The van der Waals surface area contributed by atoms with Crippen molar-refractivity contribution in [1.29, 1.82) is 0 Å². The van der Waals surface area contributed by atoms with Gasteiger partial charge >= 0.3 is 0 Å². The van der Waals surface area contributed by atoms with E-state index in [0.717, 1.165) is 64.6 Å². The van der Waals surface area contributed by atoms with Crippen molar-refractivity contribution in [2.75, 3.05) is 33.4 Å². The Morgan fingerprint density at radius 2 is 1.74 bits per heavy atom. The van der Waals surface area contributed by atoms with E-state index in [0.29, 0.717) is 12.4 Å². The summed E-state index contributed by atoms with van der Waals surface area (Å²) in [6.07, 6.45) is 0. The summed E-state index contributed by atoms with van der Waals surface area (Å²) in [5, 5.41) is 3.20. The van der Waals surface area contributed by atoms with Gasteiger partial charge in [-0.2, -0.15) is 4.98 Å². The number of nitrogens with zero attached hydrogens (tertiary/aromatic N) is 3. The van der Waals surface area contributed by atoms with Crippen LogP contribution in [-0.4, -0.2) is 48.3 Å². The maximum atomic E-state index is 6.37. The molecule has 0 N–H and O–H groups in total. The zero-order valence-corrected chi connectivity index (χ0v) is 18.8. The maximum absolute atomic E-state index is 6.37. The van der Waals surface area contributed by atoms with Gasteiger partial charge in [0.1, 0.15) is 22.2 Å². The summed E-state index contributed by atoms with van der Waals surface area (Å²) in [6, 6.07) is 12.1. The van der Waals surface area contributed by atoms with Crippen LogP contribution in [-0.2, 0) is 11.3 Å². The van der Waals surface area contributed by atoms with Crippen LogP contribution in [0, 0.1) is 13.8 Å². The van der Waals surface area contributed by atoms with E-state index in [1.165, 1.54) is 10.4 Å².